The molecule has 1 radical (unpaired) electrons. The van der Waals surface area contributed by atoms with E-state index in [9.17, 15) is 0 Å². The molecule has 0 aliphatic heterocycles. The van der Waals surface area contributed by atoms with Crippen LogP contribution in [0.1, 0.15) is 20.8 Å². The molecule has 0 fully saturated rings. The molecule has 1 aromatic heterocycles. The van der Waals surface area contributed by atoms with Gasteiger partial charge in [0, 0.05) is 26.3 Å². The number of pyridine rings is 1. The third-order valence-electron chi connectivity index (χ3n) is 3.31. The van der Waals surface area contributed by atoms with E-state index in [2.05, 4.69) is 23.2 Å². The first-order chi connectivity index (χ1) is 10.9. The van der Waals surface area contributed by atoms with Crippen LogP contribution in [0.4, 0.5) is 0 Å². The topological polar surface area (TPSA) is 54.5 Å². The van der Waals surface area contributed by atoms with E-state index in [0.29, 0.717) is 0 Å². The number of carboxylic acids is 1. The smallest absolute Gasteiger partial charge is 0.339 e. The van der Waals surface area contributed by atoms with Crippen molar-refractivity contribution in [2.24, 2.45) is 5.41 Å². The maximum absolute atomic E-state index is 8.36. The predicted octanol–water partition coefficient (Wildman–Crippen LogP) is 4.79. The SMILES string of the molecule is CC(C)(C)C(O)=[OH+].[Ir].[c-]1ccccc1-c1nccc2ccccc12. The van der Waals surface area contributed by atoms with Crippen molar-refractivity contribution in [1.82, 2.24) is 4.98 Å². The Morgan fingerprint density at radius 1 is 1.04 bits per heavy atom. The second kappa shape index (κ2) is 8.72. The van der Waals surface area contributed by atoms with E-state index in [1.807, 2.05) is 48.7 Å². The summed E-state index contributed by atoms with van der Waals surface area (Å²) in [4.78, 5) is 12.8. The quantitative estimate of drug-likeness (QED) is 0.387. The normalized spacial score (nSPS) is 10.3. The molecular weight excluding hydrogens is 478 g/mol. The monoisotopic (exact) mass is 500 g/mol. The Morgan fingerprint density at radius 2 is 1.67 bits per heavy atom. The van der Waals surface area contributed by atoms with E-state index in [4.69, 9.17) is 9.90 Å². The van der Waals surface area contributed by atoms with Gasteiger partial charge in [0.2, 0.25) is 0 Å². The van der Waals surface area contributed by atoms with Crippen molar-refractivity contribution in [3.63, 3.8) is 0 Å². The van der Waals surface area contributed by atoms with Crippen molar-refractivity contribution in [2.75, 3.05) is 0 Å². The maximum Gasteiger partial charge on any atom is 0.485 e. The molecule has 3 nitrogen and oxygen atoms in total. The van der Waals surface area contributed by atoms with E-state index < -0.39 is 11.4 Å². The molecule has 0 spiro atoms. The van der Waals surface area contributed by atoms with Gasteiger partial charge in [-0.3, -0.25) is 0 Å². The fourth-order valence-corrected chi connectivity index (χ4v) is 1.87. The van der Waals surface area contributed by atoms with Crippen LogP contribution in [-0.2, 0) is 20.1 Å². The van der Waals surface area contributed by atoms with Crippen LogP contribution in [0.3, 0.4) is 0 Å². The number of hydrogen-bond donors (Lipinski definition) is 1. The van der Waals surface area contributed by atoms with E-state index in [0.717, 1.165) is 11.3 Å². The number of benzene rings is 2. The number of hydrogen-bond acceptors (Lipinski definition) is 1. The average molecular weight is 500 g/mol. The number of fused-ring (bicyclic) bond motifs is 1. The average Bonchev–Trinajstić information content (AvgIpc) is 2.55. The molecule has 3 aromatic rings. The van der Waals surface area contributed by atoms with Gasteiger partial charge in [0.1, 0.15) is 5.41 Å². The van der Waals surface area contributed by atoms with E-state index in [1.54, 1.807) is 20.8 Å². The Kier molecular flexibility index (Phi) is 7.27. The van der Waals surface area contributed by atoms with E-state index in [-0.39, 0.29) is 20.1 Å². The molecule has 2 aromatic carbocycles. The molecule has 127 valence electrons. The zero-order valence-electron chi connectivity index (χ0n) is 13.9. The number of rotatable bonds is 1. The Morgan fingerprint density at radius 3 is 2.25 bits per heavy atom. The Labute approximate surface area is 156 Å². The van der Waals surface area contributed by atoms with Crippen LogP contribution < -0.4 is 0 Å². The number of aromatic nitrogens is 1. The van der Waals surface area contributed by atoms with Crippen LogP contribution in [0.25, 0.3) is 22.0 Å². The Bertz CT molecular complexity index is 790. The molecule has 0 atom stereocenters. The third kappa shape index (κ3) is 5.26. The summed E-state index contributed by atoms with van der Waals surface area (Å²) in [7, 11) is 0. The summed E-state index contributed by atoms with van der Waals surface area (Å²) >= 11 is 0. The minimum Gasteiger partial charge on any atom is -0.339 e. The van der Waals surface area contributed by atoms with Crippen LogP contribution in [0.5, 0.6) is 0 Å². The zero-order chi connectivity index (χ0) is 16.9. The minimum atomic E-state index is -0.507. The summed E-state index contributed by atoms with van der Waals surface area (Å²) in [6.45, 7) is 5.17. The Balaban J connectivity index is 0.000000312. The van der Waals surface area contributed by atoms with Crippen LogP contribution in [0, 0.1) is 11.5 Å². The fraction of sp³-hybridized carbons (Fsp3) is 0.200. The number of aliphatic carboxylic acids is 1. The standard InChI is InChI=1S/C15H10N.C5H10O2.Ir/c1-2-7-13(8-3-1)15-14-9-5-4-6-12(14)10-11-16-15;1-5(2,3)4(6)7;/h1-7,9-11H;1-3H3,(H,6,7);/q-1;;/p+1. The van der Waals surface area contributed by atoms with Gasteiger partial charge in [-0.05, 0) is 43.3 Å². The van der Waals surface area contributed by atoms with Crippen LogP contribution in [-0.4, -0.2) is 20.9 Å². The van der Waals surface area contributed by atoms with Gasteiger partial charge in [-0.1, -0.05) is 24.3 Å². The van der Waals surface area contributed by atoms with Gasteiger partial charge in [-0.2, -0.15) is 0 Å². The van der Waals surface area contributed by atoms with E-state index >= 15 is 0 Å². The molecule has 2 N–H and O–H groups in total. The molecule has 0 saturated heterocycles. The Hall–Kier alpha value is -2.03. The van der Waals surface area contributed by atoms with Gasteiger partial charge < -0.3 is 14.9 Å². The van der Waals surface area contributed by atoms with Crippen LogP contribution in [0.2, 0.25) is 0 Å². The molecular formula is C20H21IrNO2. The predicted molar refractivity (Wildman–Crippen MR) is 95.0 cm³/mol. The van der Waals surface area contributed by atoms with Crippen molar-refractivity contribution in [3.05, 3.63) is 66.9 Å². The van der Waals surface area contributed by atoms with Crippen molar-refractivity contribution < 1.29 is 30.0 Å². The number of carboxylic acid groups (broad SMARTS) is 1. The second-order valence-corrected chi connectivity index (χ2v) is 6.23. The summed E-state index contributed by atoms with van der Waals surface area (Å²) in [5.74, 6) is -0.507. The zero-order valence-corrected chi connectivity index (χ0v) is 16.3. The summed E-state index contributed by atoms with van der Waals surface area (Å²) < 4.78 is 0. The first-order valence-corrected chi connectivity index (χ1v) is 7.46. The molecule has 0 unspecified atom stereocenters. The van der Waals surface area contributed by atoms with E-state index in [1.165, 1.54) is 10.8 Å². The number of aliphatic hydroxyl groups excluding tert-OH is 1. The first-order valence-electron chi connectivity index (χ1n) is 7.46. The first kappa shape index (κ1) is 20.0. The second-order valence-electron chi connectivity index (χ2n) is 6.23. The van der Waals surface area contributed by atoms with Gasteiger partial charge in [0.25, 0.3) is 0 Å². The summed E-state index contributed by atoms with van der Waals surface area (Å²) in [5, 5.41) is 10.7. The maximum atomic E-state index is 8.36. The summed E-state index contributed by atoms with van der Waals surface area (Å²) in [6, 6.07) is 21.4. The summed E-state index contributed by atoms with van der Waals surface area (Å²) in [6.07, 6.45) is 1.85. The van der Waals surface area contributed by atoms with Crippen molar-refractivity contribution in [2.45, 2.75) is 20.8 Å². The molecule has 24 heavy (non-hydrogen) atoms. The molecule has 0 saturated carbocycles. The largest absolute Gasteiger partial charge is 0.485 e. The minimum absolute atomic E-state index is 0. The molecule has 4 heteroatoms. The molecule has 1 heterocycles. The molecule has 0 amide bonds. The van der Waals surface area contributed by atoms with Gasteiger partial charge >= 0.3 is 5.97 Å². The third-order valence-corrected chi connectivity index (χ3v) is 3.31. The number of nitrogens with zero attached hydrogens (tertiary/aromatic N) is 1. The van der Waals surface area contributed by atoms with Gasteiger partial charge in [-0.15, -0.1) is 35.9 Å². The van der Waals surface area contributed by atoms with Crippen molar-refractivity contribution >= 4 is 16.7 Å². The molecule has 0 aliphatic carbocycles. The van der Waals surface area contributed by atoms with Crippen molar-refractivity contribution in [3.8, 4) is 11.3 Å². The summed E-state index contributed by atoms with van der Waals surface area (Å²) in [5.41, 5.74) is 1.57. The molecule has 0 bridgehead atoms. The van der Waals surface area contributed by atoms with Crippen molar-refractivity contribution in [1.29, 1.82) is 0 Å². The molecule has 3 rings (SSSR count). The van der Waals surface area contributed by atoms with Crippen LogP contribution in [0.15, 0.2) is 60.8 Å². The molecule has 0 aliphatic rings. The van der Waals surface area contributed by atoms with Gasteiger partial charge in [-0.25, -0.2) is 0 Å². The fourth-order valence-electron chi connectivity index (χ4n) is 1.87. The van der Waals surface area contributed by atoms with Gasteiger partial charge in [0.05, 0.1) is 0 Å². The van der Waals surface area contributed by atoms with Crippen LogP contribution >= 0.6 is 0 Å². The van der Waals surface area contributed by atoms with Gasteiger partial charge in [0.15, 0.2) is 0 Å².